The first-order chi connectivity index (χ1) is 18.7. The number of carbonyl (C=O) groups excluding carboxylic acids is 1. The van der Waals surface area contributed by atoms with Crippen LogP contribution in [0.5, 0.6) is 0 Å². The number of nitrogens with zero attached hydrogens (tertiary/aromatic N) is 6. The summed E-state index contributed by atoms with van der Waals surface area (Å²) in [6, 6.07) is 15.1. The number of ether oxygens (including phenoxy) is 1. The second-order valence-corrected chi connectivity index (χ2v) is 11.6. The van der Waals surface area contributed by atoms with Gasteiger partial charge in [0.2, 0.25) is 10.0 Å². The van der Waals surface area contributed by atoms with Crippen molar-refractivity contribution in [3.05, 3.63) is 77.0 Å². The monoisotopic (exact) mass is 548 g/mol. The van der Waals surface area contributed by atoms with Crippen LogP contribution in [0.1, 0.15) is 41.5 Å². The zero-order valence-corrected chi connectivity index (χ0v) is 23.4. The highest BCUT2D eigenvalue weighted by atomic mass is 32.2. The summed E-state index contributed by atoms with van der Waals surface area (Å²) in [5, 5.41) is 8.32. The van der Waals surface area contributed by atoms with Gasteiger partial charge >= 0.3 is 5.97 Å². The van der Waals surface area contributed by atoms with Crippen LogP contribution >= 0.6 is 0 Å². The molecule has 5 rings (SSSR count). The summed E-state index contributed by atoms with van der Waals surface area (Å²) in [6.07, 6.45) is 1.76. The van der Waals surface area contributed by atoms with Gasteiger partial charge in [-0.3, -0.25) is 4.79 Å². The normalized spacial score (nSPS) is 16.1. The van der Waals surface area contributed by atoms with Crippen LogP contribution in [0.3, 0.4) is 0 Å². The second-order valence-electron chi connectivity index (χ2n) is 9.72. The molecule has 2 aromatic carbocycles. The van der Waals surface area contributed by atoms with Gasteiger partial charge in [0, 0.05) is 45.3 Å². The van der Waals surface area contributed by atoms with Gasteiger partial charge in [-0.15, -0.1) is 5.10 Å². The van der Waals surface area contributed by atoms with Gasteiger partial charge in [-0.2, -0.15) is 4.31 Å². The number of benzene rings is 2. The number of aromatic nitrogens is 4. The van der Waals surface area contributed by atoms with Crippen molar-refractivity contribution < 1.29 is 17.9 Å². The molecule has 0 amide bonds. The lowest BCUT2D eigenvalue weighted by Gasteiger charge is -2.23. The Balaban J connectivity index is 1.52. The maximum atomic E-state index is 13.7. The van der Waals surface area contributed by atoms with Gasteiger partial charge in [0.25, 0.3) is 0 Å². The largest absolute Gasteiger partial charge is 0.469 e. The average Bonchev–Trinajstić information content (AvgIpc) is 3.27. The summed E-state index contributed by atoms with van der Waals surface area (Å²) in [4.78, 5) is 19.0. The van der Waals surface area contributed by atoms with Crippen molar-refractivity contribution in [3.8, 4) is 0 Å². The van der Waals surface area contributed by atoms with E-state index in [0.29, 0.717) is 25.5 Å². The number of aryl methyl sites for hydroxylation is 2. The van der Waals surface area contributed by atoms with E-state index in [0.717, 1.165) is 33.3 Å². The van der Waals surface area contributed by atoms with Gasteiger partial charge in [0.05, 0.1) is 19.0 Å². The highest BCUT2D eigenvalue weighted by molar-refractivity contribution is 7.89. The molecule has 1 aliphatic rings. The van der Waals surface area contributed by atoms with Crippen molar-refractivity contribution in [2.24, 2.45) is 7.05 Å². The number of methoxy groups -OCH3 is 1. The minimum atomic E-state index is -3.77. The van der Waals surface area contributed by atoms with E-state index in [9.17, 15) is 13.2 Å². The highest BCUT2D eigenvalue weighted by Gasteiger charge is 2.33. The Morgan fingerprint density at radius 2 is 1.87 bits per heavy atom. The SMILES string of the molecule is CCN1CCN(Cc2cc(C(CC(=O)OC)c3ccc4c(c3)nnn4C)ccc2C)S(=O)(=O)c2cccnc21. The smallest absolute Gasteiger partial charge is 0.306 e. The molecule has 0 spiro atoms. The second kappa shape index (κ2) is 10.7. The van der Waals surface area contributed by atoms with Gasteiger partial charge in [0.15, 0.2) is 0 Å². The van der Waals surface area contributed by atoms with Crippen LogP contribution in [-0.2, 0) is 33.1 Å². The van der Waals surface area contributed by atoms with Crippen LogP contribution in [0.25, 0.3) is 11.0 Å². The molecule has 0 saturated carbocycles. The Bertz CT molecular complexity index is 1630. The Labute approximate surface area is 228 Å². The molecule has 4 aromatic rings. The van der Waals surface area contributed by atoms with Crippen LogP contribution in [0.15, 0.2) is 59.6 Å². The molecule has 204 valence electrons. The topological polar surface area (TPSA) is 111 Å². The van der Waals surface area contributed by atoms with Gasteiger partial charge < -0.3 is 9.64 Å². The maximum Gasteiger partial charge on any atom is 0.306 e. The lowest BCUT2D eigenvalue weighted by molar-refractivity contribution is -0.140. The van der Waals surface area contributed by atoms with Crippen molar-refractivity contribution in [3.63, 3.8) is 0 Å². The number of pyridine rings is 1. The predicted molar refractivity (Wildman–Crippen MR) is 148 cm³/mol. The Kier molecular flexibility index (Phi) is 7.37. The number of fused-ring (bicyclic) bond motifs is 2. The van der Waals surface area contributed by atoms with Crippen molar-refractivity contribution in [2.45, 2.75) is 37.6 Å². The van der Waals surface area contributed by atoms with E-state index in [1.165, 1.54) is 11.4 Å². The summed E-state index contributed by atoms with van der Waals surface area (Å²) in [7, 11) is -0.561. The third-order valence-corrected chi connectivity index (χ3v) is 9.29. The zero-order valence-electron chi connectivity index (χ0n) is 22.5. The van der Waals surface area contributed by atoms with Crippen LogP contribution in [0.4, 0.5) is 5.82 Å². The first-order valence-electron chi connectivity index (χ1n) is 12.9. The number of sulfonamides is 1. The summed E-state index contributed by atoms with van der Waals surface area (Å²) in [5.74, 6) is -0.143. The quantitative estimate of drug-likeness (QED) is 0.323. The Hall–Kier alpha value is -3.83. The minimum absolute atomic E-state index is 0.136. The number of carbonyl (C=O) groups is 1. The van der Waals surface area contributed by atoms with Crippen LogP contribution in [0.2, 0.25) is 0 Å². The zero-order chi connectivity index (χ0) is 27.7. The molecule has 0 radical (unpaired) electrons. The van der Waals surface area contributed by atoms with Crippen molar-refractivity contribution >= 4 is 32.8 Å². The standard InChI is InChI=1S/C28H32N6O4S/c1-5-33-13-14-34(39(36,37)26-7-6-12-29-28(26)33)18-22-15-20(9-8-19(22)2)23(17-27(35)38-4)21-10-11-25-24(16-21)30-31-32(25)3/h6-12,15-16,23H,5,13-14,17-18H2,1-4H3. The van der Waals surface area contributed by atoms with E-state index >= 15 is 0 Å². The minimum Gasteiger partial charge on any atom is -0.469 e. The summed E-state index contributed by atoms with van der Waals surface area (Å²) in [5.41, 5.74) is 5.28. The van der Waals surface area contributed by atoms with E-state index in [-0.39, 0.29) is 29.7 Å². The van der Waals surface area contributed by atoms with Crippen LogP contribution < -0.4 is 4.90 Å². The lowest BCUT2D eigenvalue weighted by atomic mass is 9.86. The average molecular weight is 549 g/mol. The fourth-order valence-electron chi connectivity index (χ4n) is 5.11. The van der Waals surface area contributed by atoms with Crippen molar-refractivity contribution in [2.75, 3.05) is 31.6 Å². The number of likely N-dealkylation sites (N-methyl/N-ethyl adjacent to an activating group) is 1. The van der Waals surface area contributed by atoms with E-state index in [1.54, 1.807) is 23.0 Å². The molecule has 1 atom stereocenters. The molecular formula is C28H32N6O4S. The summed E-state index contributed by atoms with van der Waals surface area (Å²) >= 11 is 0. The third kappa shape index (κ3) is 5.11. The van der Waals surface area contributed by atoms with Gasteiger partial charge in [-0.25, -0.2) is 18.1 Å². The fourth-order valence-corrected chi connectivity index (χ4v) is 6.68. The molecule has 1 unspecified atom stereocenters. The number of esters is 1. The Morgan fingerprint density at radius 1 is 1.10 bits per heavy atom. The number of hydrogen-bond acceptors (Lipinski definition) is 8. The molecule has 1 aliphatic heterocycles. The van der Waals surface area contributed by atoms with E-state index < -0.39 is 10.0 Å². The molecule has 0 N–H and O–H groups in total. The van der Waals surface area contributed by atoms with E-state index in [2.05, 4.69) is 15.3 Å². The summed E-state index contributed by atoms with van der Waals surface area (Å²) < 4.78 is 35.7. The van der Waals surface area contributed by atoms with Gasteiger partial charge in [-0.1, -0.05) is 29.5 Å². The third-order valence-electron chi connectivity index (χ3n) is 7.43. The van der Waals surface area contributed by atoms with E-state index in [4.69, 9.17) is 4.74 Å². The van der Waals surface area contributed by atoms with Gasteiger partial charge in [0.1, 0.15) is 16.2 Å². The molecule has 11 heteroatoms. The number of rotatable bonds is 7. The van der Waals surface area contributed by atoms with E-state index in [1.807, 2.05) is 62.2 Å². The van der Waals surface area contributed by atoms with Gasteiger partial charge in [-0.05, 0) is 60.4 Å². The highest BCUT2D eigenvalue weighted by Crippen LogP contribution is 2.34. The molecular weight excluding hydrogens is 516 g/mol. The lowest BCUT2D eigenvalue weighted by Crippen LogP contribution is -2.34. The molecule has 2 aromatic heterocycles. The molecule has 10 nitrogen and oxygen atoms in total. The predicted octanol–water partition coefficient (Wildman–Crippen LogP) is 3.40. The maximum absolute atomic E-state index is 13.7. The molecule has 39 heavy (non-hydrogen) atoms. The molecule has 0 bridgehead atoms. The fraction of sp³-hybridized carbons (Fsp3) is 0.357. The number of hydrogen-bond donors (Lipinski definition) is 0. The molecule has 0 fully saturated rings. The van der Waals surface area contributed by atoms with Crippen LogP contribution in [-0.4, -0.2) is 65.4 Å². The molecule has 0 saturated heterocycles. The Morgan fingerprint density at radius 3 is 2.64 bits per heavy atom. The number of anilines is 1. The summed E-state index contributed by atoms with van der Waals surface area (Å²) in [6.45, 7) is 5.72. The van der Waals surface area contributed by atoms with Crippen molar-refractivity contribution in [1.29, 1.82) is 0 Å². The molecule has 3 heterocycles. The first-order valence-corrected chi connectivity index (χ1v) is 14.3. The first kappa shape index (κ1) is 26.8. The molecule has 0 aliphatic carbocycles. The van der Waals surface area contributed by atoms with Crippen molar-refractivity contribution in [1.82, 2.24) is 24.3 Å². The van der Waals surface area contributed by atoms with Crippen LogP contribution in [0, 0.1) is 6.92 Å².